The number of aromatic hydroxyl groups is 1. The van der Waals surface area contributed by atoms with Crippen molar-refractivity contribution in [1.82, 2.24) is 0 Å². The van der Waals surface area contributed by atoms with Gasteiger partial charge in [-0.15, -0.1) is 0 Å². The van der Waals surface area contributed by atoms with E-state index in [1.807, 2.05) is 23.3 Å². The molecule has 4 aromatic rings. The predicted octanol–water partition coefficient (Wildman–Crippen LogP) is -1.26. The molecule has 4 aromatic carbocycles. The predicted molar refractivity (Wildman–Crippen MR) is 192 cm³/mol. The summed E-state index contributed by atoms with van der Waals surface area (Å²) in [5.41, 5.74) is 3.82. The number of anilines is 1. The van der Waals surface area contributed by atoms with Crippen molar-refractivity contribution in [3.8, 4) is 5.75 Å². The maximum Gasteiger partial charge on any atom is 1.00 e. The van der Waals surface area contributed by atoms with E-state index in [9.17, 15) is 44.0 Å². The van der Waals surface area contributed by atoms with E-state index in [1.165, 1.54) is 42.5 Å². The van der Waals surface area contributed by atoms with E-state index in [4.69, 9.17) is 0 Å². The van der Waals surface area contributed by atoms with Crippen LogP contribution in [-0.2, 0) is 43.4 Å². The SMILES string of the molecule is CCN(Cc1ccccc1S(=O)(=O)[O-])c1ccc(C(=C2C=CC(=[N+](CC)Cc3cccc(S(=O)(=O)[O-])c3)C=C2)c2ccc(O)cc2S(=O)(=O)[O-])cc1.[Na+].[Na+]. The molecular weight excluding hydrogens is 775 g/mol. The first kappa shape index (κ1) is 45.5. The Labute approximate surface area is 360 Å². The van der Waals surface area contributed by atoms with Crippen LogP contribution >= 0.6 is 0 Å². The van der Waals surface area contributed by atoms with E-state index >= 15 is 0 Å². The molecule has 5 rings (SSSR count). The number of allylic oxidation sites excluding steroid dienone is 5. The van der Waals surface area contributed by atoms with Gasteiger partial charge in [0.15, 0.2) is 12.3 Å². The van der Waals surface area contributed by atoms with Crippen molar-refractivity contribution in [2.24, 2.45) is 0 Å². The van der Waals surface area contributed by atoms with Crippen molar-refractivity contribution in [1.29, 1.82) is 0 Å². The van der Waals surface area contributed by atoms with E-state index in [0.29, 0.717) is 46.6 Å². The zero-order chi connectivity index (χ0) is 37.8. The van der Waals surface area contributed by atoms with Gasteiger partial charge in [-0.2, -0.15) is 0 Å². The Balaban J connectivity index is 0.00000392. The van der Waals surface area contributed by atoms with Gasteiger partial charge in [-0.05, 0) is 96.8 Å². The molecule has 0 unspecified atom stereocenters. The summed E-state index contributed by atoms with van der Waals surface area (Å²) in [5.74, 6) is -0.408. The molecule has 0 atom stereocenters. The van der Waals surface area contributed by atoms with Crippen LogP contribution in [0.15, 0.2) is 136 Å². The fourth-order valence-corrected chi connectivity index (χ4v) is 7.90. The molecule has 0 heterocycles. The Bertz CT molecular complexity index is 2460. The summed E-state index contributed by atoms with van der Waals surface area (Å²) in [7, 11) is -14.4. The molecule has 12 nitrogen and oxygen atoms in total. The van der Waals surface area contributed by atoms with Crippen molar-refractivity contribution >= 4 is 47.3 Å². The van der Waals surface area contributed by atoms with Crippen LogP contribution in [0, 0.1) is 0 Å². The van der Waals surface area contributed by atoms with Crippen LogP contribution in [0.1, 0.15) is 36.1 Å². The van der Waals surface area contributed by atoms with Crippen molar-refractivity contribution in [2.75, 3.05) is 18.0 Å². The van der Waals surface area contributed by atoms with Crippen molar-refractivity contribution in [2.45, 2.75) is 41.6 Å². The smallest absolute Gasteiger partial charge is 0.744 e. The third-order valence-corrected chi connectivity index (χ3v) is 11.1. The van der Waals surface area contributed by atoms with Crippen LogP contribution in [0.4, 0.5) is 5.69 Å². The van der Waals surface area contributed by atoms with Gasteiger partial charge in [0.25, 0.3) is 0 Å². The number of hydrogen-bond donors (Lipinski definition) is 1. The van der Waals surface area contributed by atoms with E-state index in [-0.39, 0.29) is 87.6 Å². The third-order valence-electron chi connectivity index (χ3n) is 8.47. The molecule has 1 aliphatic carbocycles. The molecule has 0 saturated heterocycles. The van der Waals surface area contributed by atoms with Crippen LogP contribution in [-0.4, -0.2) is 67.4 Å². The maximum atomic E-state index is 12.5. The van der Waals surface area contributed by atoms with Gasteiger partial charge in [0.1, 0.15) is 42.6 Å². The number of hydrogen-bond acceptors (Lipinski definition) is 11. The molecule has 17 heteroatoms. The first-order chi connectivity index (χ1) is 24.5. The van der Waals surface area contributed by atoms with Crippen LogP contribution < -0.4 is 64.0 Å². The average Bonchev–Trinajstić information content (AvgIpc) is 3.10. The molecule has 1 N–H and O–H groups in total. The van der Waals surface area contributed by atoms with Crippen LogP contribution in [0.5, 0.6) is 5.75 Å². The molecule has 0 amide bonds. The first-order valence-electron chi connectivity index (χ1n) is 15.9. The molecule has 0 aromatic heterocycles. The van der Waals surface area contributed by atoms with Crippen molar-refractivity contribution in [3.05, 3.63) is 143 Å². The van der Waals surface area contributed by atoms with Crippen LogP contribution in [0.25, 0.3) is 5.57 Å². The van der Waals surface area contributed by atoms with Crippen LogP contribution in [0.2, 0.25) is 0 Å². The Morgan fingerprint density at radius 3 is 1.91 bits per heavy atom. The molecule has 0 spiro atoms. The maximum absolute atomic E-state index is 12.5. The standard InChI is InChI=1S/C37H36N2O10S3.2Na/c1-3-38(24-26-8-7-10-33(22-26)50(41,42)43)30-16-12-27(13-17-30)37(34-21-20-32(40)23-36(34)52(47,48)49)28-14-18-31(19-15-28)39(4-2)25-29-9-5-6-11-35(29)51(44,45)46;;/h5-23H,3-4,24-25H2,1-2H3,(H3,41,42,43,44,45,46,47,48,49);;/q;2*+1/p-2. The molecule has 0 radical (unpaired) electrons. The second-order valence-corrected chi connectivity index (χ2v) is 15.9. The zero-order valence-electron chi connectivity index (χ0n) is 30.0. The summed E-state index contributed by atoms with van der Waals surface area (Å²) in [6.07, 6.45) is 7.06. The number of benzene rings is 4. The van der Waals surface area contributed by atoms with E-state index < -0.39 is 41.0 Å². The number of nitrogens with zero attached hydrogens (tertiary/aromatic N) is 2. The van der Waals surface area contributed by atoms with E-state index in [1.54, 1.807) is 66.8 Å². The molecular formula is C37H34N2Na2O10S3. The summed E-state index contributed by atoms with van der Waals surface area (Å²) in [6, 6.07) is 22.2. The van der Waals surface area contributed by atoms with Gasteiger partial charge >= 0.3 is 59.1 Å². The molecule has 1 aliphatic rings. The van der Waals surface area contributed by atoms with Gasteiger partial charge in [0, 0.05) is 42.1 Å². The molecule has 0 fully saturated rings. The minimum Gasteiger partial charge on any atom is -0.744 e. The van der Waals surface area contributed by atoms with Gasteiger partial charge in [0.05, 0.1) is 14.7 Å². The fraction of sp³-hybridized carbons (Fsp3) is 0.162. The zero-order valence-corrected chi connectivity index (χ0v) is 36.5. The minimum absolute atomic E-state index is 0. The summed E-state index contributed by atoms with van der Waals surface area (Å²) in [6.45, 7) is 5.14. The second kappa shape index (κ2) is 18.8. The largest absolute Gasteiger partial charge is 1.00 e. The quantitative estimate of drug-likeness (QED) is 0.102. The van der Waals surface area contributed by atoms with Crippen molar-refractivity contribution < 1.29 is 108 Å². The Morgan fingerprint density at radius 2 is 1.33 bits per heavy atom. The normalized spacial score (nSPS) is 12.8. The molecule has 0 bridgehead atoms. The van der Waals surface area contributed by atoms with Crippen molar-refractivity contribution in [3.63, 3.8) is 0 Å². The summed E-state index contributed by atoms with van der Waals surface area (Å²) < 4.78 is 110. The molecule has 272 valence electrons. The molecule has 0 aliphatic heterocycles. The average molecular weight is 809 g/mol. The number of phenols is 1. The van der Waals surface area contributed by atoms with E-state index in [0.717, 1.165) is 11.8 Å². The van der Waals surface area contributed by atoms with Gasteiger partial charge < -0.3 is 23.7 Å². The third kappa shape index (κ3) is 11.1. The van der Waals surface area contributed by atoms with Gasteiger partial charge in [0.2, 0.25) is 0 Å². The Morgan fingerprint density at radius 1 is 0.704 bits per heavy atom. The summed E-state index contributed by atoms with van der Waals surface area (Å²) in [5, 5.41) is 10.1. The van der Waals surface area contributed by atoms with E-state index in [2.05, 4.69) is 0 Å². The van der Waals surface area contributed by atoms with Gasteiger partial charge in [-0.25, -0.2) is 29.8 Å². The number of rotatable bonds is 12. The summed E-state index contributed by atoms with van der Waals surface area (Å²) >= 11 is 0. The fourth-order valence-electron chi connectivity index (χ4n) is 5.95. The monoisotopic (exact) mass is 808 g/mol. The first-order valence-corrected chi connectivity index (χ1v) is 20.2. The minimum atomic E-state index is -5.05. The topological polar surface area (TPSA) is 198 Å². The van der Waals surface area contributed by atoms with Gasteiger partial charge in [-0.1, -0.05) is 42.5 Å². The number of phenolic OH excluding ortho intramolecular Hbond substituents is 1. The Kier molecular flexibility index (Phi) is 15.9. The van der Waals surface area contributed by atoms with Gasteiger partial charge in [-0.3, -0.25) is 0 Å². The second-order valence-electron chi connectivity index (χ2n) is 11.8. The molecule has 54 heavy (non-hydrogen) atoms. The van der Waals surface area contributed by atoms with Crippen LogP contribution in [0.3, 0.4) is 0 Å². The molecule has 0 saturated carbocycles. The summed E-state index contributed by atoms with van der Waals surface area (Å²) in [4.78, 5) is 0.595. The Hall–Kier alpha value is -2.90.